The zero-order valence-corrected chi connectivity index (χ0v) is 8.02. The molecule has 2 rings (SSSR count). The number of hydrogen-bond acceptors (Lipinski definition) is 3. The molecule has 0 aromatic carbocycles. The van der Waals surface area contributed by atoms with Gasteiger partial charge in [0.1, 0.15) is 0 Å². The summed E-state index contributed by atoms with van der Waals surface area (Å²) in [5.41, 5.74) is 0. The van der Waals surface area contributed by atoms with Gasteiger partial charge in [-0.1, -0.05) is 0 Å². The Morgan fingerprint density at radius 3 is 2.62 bits per heavy atom. The number of aliphatic hydroxyl groups excluding tert-OH is 2. The highest BCUT2D eigenvalue weighted by atomic mass is 16.3. The summed E-state index contributed by atoms with van der Waals surface area (Å²) in [6.07, 6.45) is 4.24. The van der Waals surface area contributed by atoms with Gasteiger partial charge >= 0.3 is 0 Å². The maximum atomic E-state index is 9.70. The van der Waals surface area contributed by atoms with E-state index < -0.39 is 0 Å². The van der Waals surface area contributed by atoms with E-state index >= 15 is 0 Å². The second-order valence-electron chi connectivity index (χ2n) is 4.40. The second-order valence-corrected chi connectivity index (χ2v) is 4.40. The molecule has 1 aliphatic heterocycles. The van der Waals surface area contributed by atoms with Gasteiger partial charge in [-0.15, -0.1) is 0 Å². The number of aliphatic hydroxyl groups is 2. The fourth-order valence-electron chi connectivity index (χ4n) is 2.66. The number of rotatable bonds is 2. The molecule has 13 heavy (non-hydrogen) atoms. The summed E-state index contributed by atoms with van der Waals surface area (Å²) in [6, 6.07) is 0.386. The number of hydrogen-bond donors (Lipinski definition) is 2. The molecule has 1 saturated heterocycles. The third kappa shape index (κ3) is 1.87. The lowest BCUT2D eigenvalue weighted by Crippen LogP contribution is -2.38. The molecular weight excluding hydrogens is 166 g/mol. The average molecular weight is 185 g/mol. The Kier molecular flexibility index (Phi) is 2.86. The monoisotopic (exact) mass is 185 g/mol. The van der Waals surface area contributed by atoms with Gasteiger partial charge in [0, 0.05) is 19.2 Å². The molecular formula is C10H19NO2. The molecule has 1 heterocycles. The second kappa shape index (κ2) is 3.95. The molecule has 3 heteroatoms. The van der Waals surface area contributed by atoms with Gasteiger partial charge in [-0.05, 0) is 38.1 Å². The van der Waals surface area contributed by atoms with Crippen LogP contribution in [0.25, 0.3) is 0 Å². The summed E-state index contributed by atoms with van der Waals surface area (Å²) < 4.78 is 0. The number of likely N-dealkylation sites (tertiary alicyclic amines) is 1. The molecule has 0 radical (unpaired) electrons. The van der Waals surface area contributed by atoms with Crippen LogP contribution in [0, 0.1) is 5.92 Å². The van der Waals surface area contributed by atoms with Crippen molar-refractivity contribution in [1.29, 1.82) is 0 Å². The molecule has 0 amide bonds. The summed E-state index contributed by atoms with van der Waals surface area (Å²) >= 11 is 0. The van der Waals surface area contributed by atoms with Gasteiger partial charge in [-0.25, -0.2) is 0 Å². The SMILES string of the molecule is OCC1CCN([C@H]2CCC[C@@H]2O)C1. The molecule has 1 aliphatic carbocycles. The van der Waals surface area contributed by atoms with Crippen molar-refractivity contribution >= 4 is 0 Å². The molecule has 3 nitrogen and oxygen atoms in total. The molecule has 1 saturated carbocycles. The van der Waals surface area contributed by atoms with Gasteiger partial charge in [-0.3, -0.25) is 4.90 Å². The van der Waals surface area contributed by atoms with Gasteiger partial charge < -0.3 is 10.2 Å². The molecule has 2 N–H and O–H groups in total. The van der Waals surface area contributed by atoms with Crippen molar-refractivity contribution < 1.29 is 10.2 Å². The average Bonchev–Trinajstić information content (AvgIpc) is 2.71. The van der Waals surface area contributed by atoms with Crippen LogP contribution in [0.2, 0.25) is 0 Å². The first-order valence-corrected chi connectivity index (χ1v) is 5.34. The fourth-order valence-corrected chi connectivity index (χ4v) is 2.66. The molecule has 76 valence electrons. The lowest BCUT2D eigenvalue weighted by Gasteiger charge is -2.26. The van der Waals surface area contributed by atoms with Crippen LogP contribution in [0.4, 0.5) is 0 Å². The van der Waals surface area contributed by atoms with Crippen LogP contribution in [0.5, 0.6) is 0 Å². The Morgan fingerprint density at radius 2 is 2.08 bits per heavy atom. The van der Waals surface area contributed by atoms with Crippen molar-refractivity contribution in [3.8, 4) is 0 Å². The highest BCUT2D eigenvalue weighted by Gasteiger charge is 2.34. The summed E-state index contributed by atoms with van der Waals surface area (Å²) in [7, 11) is 0. The first-order valence-electron chi connectivity index (χ1n) is 5.34. The van der Waals surface area contributed by atoms with Crippen molar-refractivity contribution in [1.82, 2.24) is 4.90 Å². The zero-order valence-electron chi connectivity index (χ0n) is 8.02. The molecule has 2 aliphatic rings. The van der Waals surface area contributed by atoms with Crippen molar-refractivity contribution in [2.75, 3.05) is 19.7 Å². The molecule has 0 aromatic rings. The summed E-state index contributed by atoms with van der Waals surface area (Å²) in [6.45, 7) is 2.35. The van der Waals surface area contributed by atoms with E-state index in [-0.39, 0.29) is 6.10 Å². The van der Waals surface area contributed by atoms with Crippen LogP contribution >= 0.6 is 0 Å². The van der Waals surface area contributed by atoms with Crippen molar-refractivity contribution in [2.45, 2.75) is 37.8 Å². The van der Waals surface area contributed by atoms with E-state index in [1.54, 1.807) is 0 Å². The lowest BCUT2D eigenvalue weighted by molar-refractivity contribution is 0.0806. The Labute approximate surface area is 79.4 Å². The number of nitrogens with zero attached hydrogens (tertiary/aromatic N) is 1. The van der Waals surface area contributed by atoms with Crippen LogP contribution in [0.1, 0.15) is 25.7 Å². The van der Waals surface area contributed by atoms with Gasteiger partial charge in [0.25, 0.3) is 0 Å². The fraction of sp³-hybridized carbons (Fsp3) is 1.00. The standard InChI is InChI=1S/C10H19NO2/c12-7-8-4-5-11(6-8)9-2-1-3-10(9)13/h8-10,12-13H,1-7H2/t8?,9-,10-/m0/s1. The Hall–Kier alpha value is -0.120. The van der Waals surface area contributed by atoms with Crippen LogP contribution in [-0.4, -0.2) is 47.0 Å². The molecule has 2 fully saturated rings. The van der Waals surface area contributed by atoms with E-state index in [0.717, 1.165) is 38.8 Å². The summed E-state index contributed by atoms with van der Waals surface area (Å²) in [4.78, 5) is 2.36. The summed E-state index contributed by atoms with van der Waals surface area (Å²) in [5, 5.41) is 18.7. The van der Waals surface area contributed by atoms with E-state index in [1.165, 1.54) is 0 Å². The minimum Gasteiger partial charge on any atom is -0.396 e. The zero-order chi connectivity index (χ0) is 9.26. The highest BCUT2D eigenvalue weighted by molar-refractivity contribution is 4.89. The largest absolute Gasteiger partial charge is 0.396 e. The first kappa shape index (κ1) is 9.44. The van der Waals surface area contributed by atoms with E-state index in [2.05, 4.69) is 4.90 Å². The van der Waals surface area contributed by atoms with Crippen LogP contribution in [0.15, 0.2) is 0 Å². The van der Waals surface area contributed by atoms with Crippen LogP contribution in [-0.2, 0) is 0 Å². The predicted molar refractivity (Wildman–Crippen MR) is 50.4 cm³/mol. The third-order valence-corrected chi connectivity index (χ3v) is 3.49. The minimum atomic E-state index is -0.113. The molecule has 3 atom stereocenters. The molecule has 0 spiro atoms. The predicted octanol–water partition coefficient (Wildman–Crippen LogP) is 0.214. The van der Waals surface area contributed by atoms with E-state index in [9.17, 15) is 5.11 Å². The Bertz CT molecular complexity index is 174. The quantitative estimate of drug-likeness (QED) is 0.646. The van der Waals surface area contributed by atoms with Crippen LogP contribution < -0.4 is 0 Å². The first-order chi connectivity index (χ1) is 6.31. The minimum absolute atomic E-state index is 0.113. The maximum Gasteiger partial charge on any atom is 0.0695 e. The van der Waals surface area contributed by atoms with Gasteiger partial charge in [0.15, 0.2) is 0 Å². The lowest BCUT2D eigenvalue weighted by atomic mass is 10.1. The van der Waals surface area contributed by atoms with Crippen LogP contribution in [0.3, 0.4) is 0 Å². The van der Waals surface area contributed by atoms with Gasteiger partial charge in [0.2, 0.25) is 0 Å². The van der Waals surface area contributed by atoms with Gasteiger partial charge in [0.05, 0.1) is 6.10 Å². The van der Waals surface area contributed by atoms with Crippen molar-refractivity contribution in [3.05, 3.63) is 0 Å². The normalized spacial score (nSPS) is 41.5. The van der Waals surface area contributed by atoms with Gasteiger partial charge in [-0.2, -0.15) is 0 Å². The Balaban J connectivity index is 1.88. The van der Waals surface area contributed by atoms with E-state index in [0.29, 0.717) is 18.6 Å². The molecule has 0 aromatic heterocycles. The third-order valence-electron chi connectivity index (χ3n) is 3.49. The summed E-state index contributed by atoms with van der Waals surface area (Å²) in [5.74, 6) is 0.452. The maximum absolute atomic E-state index is 9.70. The van der Waals surface area contributed by atoms with E-state index in [1.807, 2.05) is 0 Å². The van der Waals surface area contributed by atoms with Crippen molar-refractivity contribution in [3.63, 3.8) is 0 Å². The van der Waals surface area contributed by atoms with E-state index in [4.69, 9.17) is 5.11 Å². The molecule has 0 bridgehead atoms. The molecule has 1 unspecified atom stereocenters. The van der Waals surface area contributed by atoms with Crippen molar-refractivity contribution in [2.24, 2.45) is 5.92 Å². The Morgan fingerprint density at radius 1 is 1.23 bits per heavy atom. The topological polar surface area (TPSA) is 43.7 Å². The smallest absolute Gasteiger partial charge is 0.0695 e. The highest BCUT2D eigenvalue weighted by Crippen LogP contribution is 2.28.